The van der Waals surface area contributed by atoms with Gasteiger partial charge in [0.25, 0.3) is 5.56 Å². The molecule has 0 unspecified atom stereocenters. The predicted molar refractivity (Wildman–Crippen MR) is 504 cm³/mol. The molecule has 1 aliphatic heterocycles. The number of alkyl halides is 3. The number of aromatic amines is 1. The van der Waals surface area contributed by atoms with Crippen molar-refractivity contribution < 1.29 is 18.0 Å². The van der Waals surface area contributed by atoms with Gasteiger partial charge in [-0.1, -0.05) is 166 Å². The number of H-pyrrole nitrogens is 1. The Hall–Kier alpha value is -12.6. The maximum Gasteiger partial charge on any atom is 0.433 e. The SMILES string of the molecule is CC(=O)N1CCN(c2ncc(C(C)C)cn2)CC1.CC(C)c1ccnnc1.CC(C)c1cnc(N)nc1.CC(C)c1cnccn1.CC(C)c1cncnc1.CC(C)c1nccc(=O)[nH]1.CC(C)c1nccc(C(F)(F)F)n1.CC(C)c1nccc(N)n1.Cc1ccnc(C(C)C)n1.Cc1nccnc1C(C)C.Cc1ncncc1C(C)C.Cc1nnccc1C(C)C. The first-order valence-electron chi connectivity index (χ1n) is 43.2. The number of nitrogens with one attached hydrogen (secondary N) is 1. The minimum atomic E-state index is -4.38. The van der Waals surface area contributed by atoms with E-state index in [1.165, 1.54) is 34.5 Å². The molecule has 1 saturated heterocycles. The zero-order chi connectivity index (χ0) is 96.2. The highest BCUT2D eigenvalue weighted by Crippen LogP contribution is 2.28. The van der Waals surface area contributed by atoms with Crippen LogP contribution in [-0.2, 0) is 11.0 Å². The van der Waals surface area contributed by atoms with Crippen molar-refractivity contribution in [3.05, 3.63) is 274 Å². The number of nitrogens with two attached hydrogens (primary N) is 2. The summed E-state index contributed by atoms with van der Waals surface area (Å²) in [4.78, 5) is 105. The molecule has 0 saturated carbocycles. The van der Waals surface area contributed by atoms with E-state index in [1.807, 2.05) is 109 Å². The number of hydrogen-bond acceptors (Lipinski definition) is 28. The average molecular weight is 1760 g/mol. The molecule has 0 spiro atoms. The van der Waals surface area contributed by atoms with Crippen LogP contribution in [0.25, 0.3) is 0 Å². The first kappa shape index (κ1) is 111. The van der Waals surface area contributed by atoms with E-state index < -0.39 is 11.9 Å². The molecule has 12 aromatic rings. The van der Waals surface area contributed by atoms with Gasteiger partial charge in [0.2, 0.25) is 17.8 Å². The van der Waals surface area contributed by atoms with Crippen LogP contribution in [0.5, 0.6) is 0 Å². The molecule has 0 aliphatic carbocycles. The molecule has 33 heteroatoms. The summed E-state index contributed by atoms with van der Waals surface area (Å²) in [5, 5.41) is 15.2. The van der Waals surface area contributed by atoms with Crippen LogP contribution in [-0.4, -0.2) is 157 Å². The van der Waals surface area contributed by atoms with Gasteiger partial charge in [0.1, 0.15) is 47.5 Å². The number of piperazine rings is 1. The van der Waals surface area contributed by atoms with Gasteiger partial charge in [-0.25, -0.2) is 74.8 Å². The van der Waals surface area contributed by atoms with Gasteiger partial charge in [-0.2, -0.15) is 33.6 Å². The summed E-state index contributed by atoms with van der Waals surface area (Å²) in [6, 6.07) is 9.88. The van der Waals surface area contributed by atoms with Crippen LogP contribution in [0.4, 0.5) is 30.9 Å². The van der Waals surface area contributed by atoms with Crippen molar-refractivity contribution in [3.63, 3.8) is 0 Å². The zero-order valence-electron chi connectivity index (χ0n) is 80.6. The summed E-state index contributed by atoms with van der Waals surface area (Å²) in [5.41, 5.74) is 23.4. The maximum absolute atomic E-state index is 12.1. The molecule has 5 N–H and O–H groups in total. The van der Waals surface area contributed by atoms with Crippen LogP contribution < -0.4 is 21.9 Å². The van der Waals surface area contributed by atoms with Crippen molar-refractivity contribution in [2.45, 2.75) is 278 Å². The Bertz CT molecular complexity index is 4750. The highest BCUT2D eigenvalue weighted by atomic mass is 19.4. The molecule has 0 bridgehead atoms. The average Bonchev–Trinajstić information content (AvgIpc) is 0.864. The fraction of sp³-hybridized carbons (Fsp3) is 0.484. The normalized spacial score (nSPS) is 11.3. The topological polar surface area (TPSA) is 405 Å². The second-order valence-electron chi connectivity index (χ2n) is 33.2. The largest absolute Gasteiger partial charge is 0.433 e. The van der Waals surface area contributed by atoms with E-state index in [-0.39, 0.29) is 29.1 Å². The van der Waals surface area contributed by atoms with E-state index >= 15 is 0 Å². The van der Waals surface area contributed by atoms with Gasteiger partial charge in [-0.15, -0.1) is 0 Å². The van der Waals surface area contributed by atoms with Crippen molar-refractivity contribution in [2.75, 3.05) is 42.5 Å². The summed E-state index contributed by atoms with van der Waals surface area (Å²) < 4.78 is 36.4. The molecule has 1 amide bonds. The minimum Gasteiger partial charge on any atom is -0.384 e. The van der Waals surface area contributed by atoms with E-state index in [4.69, 9.17) is 11.5 Å². The van der Waals surface area contributed by atoms with Gasteiger partial charge in [0, 0.05) is 186 Å². The second kappa shape index (κ2) is 60.2. The molecule has 12 aromatic heterocycles. The van der Waals surface area contributed by atoms with E-state index in [0.29, 0.717) is 70.9 Å². The van der Waals surface area contributed by atoms with Gasteiger partial charge in [-0.05, 0) is 139 Å². The van der Waals surface area contributed by atoms with Gasteiger partial charge in [0.15, 0.2) is 0 Å². The number of amides is 1. The molecule has 0 radical (unpaired) electrons. The monoisotopic (exact) mass is 1760 g/mol. The number of aromatic nitrogens is 24. The first-order chi connectivity index (χ1) is 60.3. The van der Waals surface area contributed by atoms with Crippen molar-refractivity contribution in [3.8, 4) is 0 Å². The van der Waals surface area contributed by atoms with Gasteiger partial charge in [0.05, 0.1) is 29.0 Å². The van der Waals surface area contributed by atoms with Gasteiger partial charge >= 0.3 is 6.18 Å². The number of aryl methyl sites for hydroxylation is 4. The number of hydrogen-bond donors (Lipinski definition) is 3. The molecular weight excluding hydrogens is 1620 g/mol. The summed E-state index contributed by atoms with van der Waals surface area (Å²) >= 11 is 0. The molecule has 692 valence electrons. The van der Waals surface area contributed by atoms with Crippen molar-refractivity contribution in [2.24, 2.45) is 0 Å². The molecular formula is C95H139F3N28O2. The van der Waals surface area contributed by atoms with E-state index in [0.717, 1.165) is 107 Å². The molecule has 13 rings (SSSR count). The van der Waals surface area contributed by atoms with E-state index in [2.05, 4.69) is 250 Å². The minimum absolute atomic E-state index is 0.0845. The fourth-order valence-electron chi connectivity index (χ4n) is 10.4. The number of nitrogen functional groups attached to an aromatic ring is 2. The quantitative estimate of drug-likeness (QED) is 0.0965. The fourth-order valence-corrected chi connectivity index (χ4v) is 10.4. The van der Waals surface area contributed by atoms with Crippen LogP contribution >= 0.6 is 0 Å². The molecule has 1 fully saturated rings. The molecule has 30 nitrogen and oxygen atoms in total. The lowest BCUT2D eigenvalue weighted by molar-refractivity contribution is -0.141. The molecule has 13 heterocycles. The highest BCUT2D eigenvalue weighted by molar-refractivity contribution is 5.73. The van der Waals surface area contributed by atoms with E-state index in [9.17, 15) is 22.8 Å². The first-order valence-corrected chi connectivity index (χ1v) is 43.2. The third kappa shape index (κ3) is 46.1. The lowest BCUT2D eigenvalue weighted by Crippen LogP contribution is -2.48. The number of carbonyl (C=O) groups excluding carboxylic acids is 1. The Kier molecular flexibility index (Phi) is 52.4. The second-order valence-corrected chi connectivity index (χ2v) is 33.2. The summed E-state index contributed by atoms with van der Waals surface area (Å²) in [6.07, 6.45) is 31.7. The Morgan fingerprint density at radius 3 is 1.26 bits per heavy atom. The third-order valence-corrected chi connectivity index (χ3v) is 18.3. The van der Waals surface area contributed by atoms with Crippen LogP contribution in [0.1, 0.15) is 341 Å². The summed E-state index contributed by atoms with van der Waals surface area (Å²) in [7, 11) is 0. The number of nitrogens with zero attached hydrogens (tertiary/aromatic N) is 25. The lowest BCUT2D eigenvalue weighted by atomic mass is 10.0. The van der Waals surface area contributed by atoms with E-state index in [1.54, 1.807) is 114 Å². The molecule has 0 aromatic carbocycles. The van der Waals surface area contributed by atoms with Gasteiger partial charge in [-0.3, -0.25) is 29.5 Å². The molecule has 1 aliphatic rings. The zero-order valence-corrected chi connectivity index (χ0v) is 80.6. The smallest absolute Gasteiger partial charge is 0.384 e. The van der Waals surface area contributed by atoms with Crippen molar-refractivity contribution >= 4 is 23.6 Å². The lowest BCUT2D eigenvalue weighted by Gasteiger charge is -2.34. The molecule has 128 heavy (non-hydrogen) atoms. The maximum atomic E-state index is 12.1. The van der Waals surface area contributed by atoms with Crippen LogP contribution in [0.15, 0.2) is 172 Å². The Morgan fingerprint density at radius 1 is 0.383 bits per heavy atom. The van der Waals surface area contributed by atoms with Gasteiger partial charge < -0.3 is 26.3 Å². The Morgan fingerprint density at radius 2 is 0.883 bits per heavy atom. The summed E-state index contributed by atoms with van der Waals surface area (Å²) in [6.45, 7) is 62.4. The number of halogens is 3. The van der Waals surface area contributed by atoms with Crippen LogP contribution in [0, 0.1) is 27.7 Å². The number of anilines is 3. The standard InChI is InChI=1S/C13H20N4O.C8H9F3N2.4C8H12N2.2C7H11N3.C7H10N2O.3C7H10N2/c1-10(2)12-8-14-13(15-9-12)17-6-4-16(5-7-17)11(3)18;1-5(2)7-12-4-3-6(13-7)8(9,10)11;1-6(2)8-4-9-5-10-7(8)3;1-6(2)8-7(3)9-4-5-10-8;1-6(2)8-4-5-9-10-7(8)3;1-6(2)8-9-5-4-7(3)10-8;1-5(2)6-3-9-7(8)10-4-6;1-5(2)7-9-4-3-6(8)10-7;1-5(2)7-8-4-3-6(10)9-7;1-6(2)7-3-8-5-9-4-7;1-6(2)7-5-8-3-4-9-7;1-6(2)7-3-4-8-9-5-7/h8-10H,4-7H2,1-3H3;3-5H,1-2H3;4*4-6H,1-3H3;2*3-5H,1-2H3,(H2,8,9,10);3-5H,1-2H3,(H,8,9,10);3*3-6H,1-2H3. The molecule has 0 atom stereocenters. The van der Waals surface area contributed by atoms with Crippen molar-refractivity contribution in [1.82, 2.24) is 125 Å². The van der Waals surface area contributed by atoms with Crippen LogP contribution in [0.3, 0.4) is 0 Å². The third-order valence-electron chi connectivity index (χ3n) is 18.3. The highest BCUT2D eigenvalue weighted by Gasteiger charge is 2.33. The Labute approximate surface area is 756 Å². The number of carbonyl (C=O) groups is 1. The van der Waals surface area contributed by atoms with Crippen LogP contribution in [0.2, 0.25) is 0 Å². The van der Waals surface area contributed by atoms with Crippen molar-refractivity contribution in [1.29, 1.82) is 0 Å². The summed E-state index contributed by atoms with van der Waals surface area (Å²) in [5.74, 6) is 9.52. The Balaban J connectivity index is 0.000000476. The predicted octanol–water partition coefficient (Wildman–Crippen LogP) is 19.6. The number of rotatable bonds is 13.